The molecule has 0 spiro atoms. The summed E-state index contributed by atoms with van der Waals surface area (Å²) in [5, 5.41) is 0. The quantitative estimate of drug-likeness (QED) is 0.897. The molecule has 1 aromatic carbocycles. The van der Waals surface area contributed by atoms with Crippen LogP contribution in [0.25, 0.3) is 0 Å². The van der Waals surface area contributed by atoms with Crippen LogP contribution in [-0.4, -0.2) is 19.1 Å². The highest BCUT2D eigenvalue weighted by Gasteiger charge is 2.33. The highest BCUT2D eigenvalue weighted by molar-refractivity contribution is 5.32. The molecule has 108 valence electrons. The van der Waals surface area contributed by atoms with Gasteiger partial charge in [0.2, 0.25) is 0 Å². The Balaban J connectivity index is 2.99. The molecular formula is C13H18F3NO2. The Bertz CT molecular complexity index is 417. The molecule has 0 saturated carbocycles. The van der Waals surface area contributed by atoms with E-state index in [1.807, 2.05) is 13.8 Å². The van der Waals surface area contributed by atoms with E-state index in [1.54, 1.807) is 6.07 Å². The van der Waals surface area contributed by atoms with Gasteiger partial charge in [-0.15, -0.1) is 13.2 Å². The molecule has 0 radical (unpaired) electrons. The Morgan fingerprint density at radius 3 is 2.42 bits per heavy atom. The molecule has 6 heteroatoms. The summed E-state index contributed by atoms with van der Waals surface area (Å²) in [6.45, 7) is 3.72. The zero-order valence-electron chi connectivity index (χ0n) is 11.1. The number of halogens is 3. The van der Waals surface area contributed by atoms with Crippen LogP contribution < -0.4 is 10.5 Å². The lowest BCUT2D eigenvalue weighted by Gasteiger charge is -2.33. The second-order valence-electron chi connectivity index (χ2n) is 4.47. The number of alkyl halides is 3. The van der Waals surface area contributed by atoms with Crippen molar-refractivity contribution >= 4 is 0 Å². The van der Waals surface area contributed by atoms with Crippen molar-refractivity contribution in [2.75, 3.05) is 7.11 Å². The Hall–Kier alpha value is -1.27. The van der Waals surface area contributed by atoms with E-state index in [9.17, 15) is 13.2 Å². The lowest BCUT2D eigenvalue weighted by molar-refractivity contribution is -0.274. The average Bonchev–Trinajstić information content (AvgIpc) is 2.35. The molecule has 0 aromatic heterocycles. The Morgan fingerprint density at radius 2 is 1.95 bits per heavy atom. The Morgan fingerprint density at radius 1 is 1.32 bits per heavy atom. The monoisotopic (exact) mass is 277 g/mol. The van der Waals surface area contributed by atoms with Crippen molar-refractivity contribution in [3.63, 3.8) is 0 Å². The number of hydrogen-bond donors (Lipinski definition) is 1. The molecule has 1 aromatic rings. The molecule has 0 saturated heterocycles. The van der Waals surface area contributed by atoms with Gasteiger partial charge in [-0.2, -0.15) is 0 Å². The molecule has 0 aliphatic heterocycles. The van der Waals surface area contributed by atoms with Gasteiger partial charge >= 0.3 is 6.36 Å². The highest BCUT2D eigenvalue weighted by atomic mass is 19.4. The fourth-order valence-corrected chi connectivity index (χ4v) is 1.75. The topological polar surface area (TPSA) is 44.5 Å². The maximum Gasteiger partial charge on any atom is 0.573 e. The van der Waals surface area contributed by atoms with Gasteiger partial charge in [0.1, 0.15) is 5.75 Å². The van der Waals surface area contributed by atoms with Crippen LogP contribution in [0.4, 0.5) is 13.2 Å². The van der Waals surface area contributed by atoms with E-state index in [4.69, 9.17) is 10.5 Å². The van der Waals surface area contributed by atoms with Crippen LogP contribution in [0.5, 0.6) is 5.75 Å². The molecule has 0 aliphatic rings. The molecule has 2 unspecified atom stereocenters. The first-order valence-corrected chi connectivity index (χ1v) is 5.88. The molecule has 2 N–H and O–H groups in total. The SMILES string of the molecule is CCC(C)(OC)C(N)c1cccc(OC(F)(F)F)c1. The smallest absolute Gasteiger partial charge is 0.406 e. The first kappa shape index (κ1) is 15.8. The average molecular weight is 277 g/mol. The summed E-state index contributed by atoms with van der Waals surface area (Å²) in [6.07, 6.45) is -4.08. The predicted molar refractivity (Wildman–Crippen MR) is 65.8 cm³/mol. The van der Waals surface area contributed by atoms with Gasteiger partial charge in [-0.25, -0.2) is 0 Å². The number of nitrogens with two attached hydrogens (primary N) is 1. The minimum absolute atomic E-state index is 0.282. The van der Waals surface area contributed by atoms with Gasteiger partial charge in [0.15, 0.2) is 0 Å². The summed E-state index contributed by atoms with van der Waals surface area (Å²) in [5.41, 5.74) is 5.96. The number of ether oxygens (including phenoxy) is 2. The van der Waals surface area contributed by atoms with E-state index in [1.165, 1.54) is 25.3 Å². The number of rotatable bonds is 5. The van der Waals surface area contributed by atoms with Crippen molar-refractivity contribution in [2.45, 2.75) is 38.3 Å². The largest absolute Gasteiger partial charge is 0.573 e. The first-order valence-electron chi connectivity index (χ1n) is 5.88. The number of benzene rings is 1. The molecule has 3 nitrogen and oxygen atoms in total. The minimum Gasteiger partial charge on any atom is -0.406 e. The van der Waals surface area contributed by atoms with E-state index in [0.717, 1.165) is 0 Å². The fraction of sp³-hybridized carbons (Fsp3) is 0.538. The third kappa shape index (κ3) is 4.11. The summed E-state index contributed by atoms with van der Waals surface area (Å²) in [4.78, 5) is 0. The fourth-order valence-electron chi connectivity index (χ4n) is 1.75. The molecule has 19 heavy (non-hydrogen) atoms. The van der Waals surface area contributed by atoms with Crippen molar-refractivity contribution in [3.05, 3.63) is 29.8 Å². The molecule has 0 heterocycles. The third-order valence-corrected chi connectivity index (χ3v) is 3.28. The van der Waals surface area contributed by atoms with Gasteiger partial charge in [-0.3, -0.25) is 0 Å². The lowest BCUT2D eigenvalue weighted by atomic mass is 9.88. The number of methoxy groups -OCH3 is 1. The van der Waals surface area contributed by atoms with Crippen molar-refractivity contribution in [1.29, 1.82) is 0 Å². The van der Waals surface area contributed by atoms with Gasteiger partial charge < -0.3 is 15.2 Å². The summed E-state index contributed by atoms with van der Waals surface area (Å²) in [7, 11) is 1.53. The highest BCUT2D eigenvalue weighted by Crippen LogP contribution is 2.32. The van der Waals surface area contributed by atoms with Crippen molar-refractivity contribution in [3.8, 4) is 5.75 Å². The molecule has 0 amide bonds. The van der Waals surface area contributed by atoms with Gasteiger partial charge in [-0.05, 0) is 31.0 Å². The minimum atomic E-state index is -4.71. The van der Waals surface area contributed by atoms with Gasteiger partial charge in [0, 0.05) is 7.11 Å². The first-order chi connectivity index (χ1) is 8.72. The van der Waals surface area contributed by atoms with E-state index in [2.05, 4.69) is 4.74 Å². The molecule has 1 rings (SSSR count). The Labute approximate surface area is 110 Å². The molecular weight excluding hydrogens is 259 g/mol. The van der Waals surface area contributed by atoms with E-state index >= 15 is 0 Å². The summed E-state index contributed by atoms with van der Waals surface area (Å²) < 4.78 is 45.7. The van der Waals surface area contributed by atoms with Crippen LogP contribution in [-0.2, 0) is 4.74 Å². The van der Waals surface area contributed by atoms with Crippen LogP contribution in [0, 0.1) is 0 Å². The van der Waals surface area contributed by atoms with Crippen molar-refractivity contribution in [1.82, 2.24) is 0 Å². The molecule has 0 aliphatic carbocycles. The maximum atomic E-state index is 12.2. The third-order valence-electron chi connectivity index (χ3n) is 3.28. The molecule has 2 atom stereocenters. The second-order valence-corrected chi connectivity index (χ2v) is 4.47. The van der Waals surface area contributed by atoms with Crippen molar-refractivity contribution in [2.24, 2.45) is 5.73 Å². The molecule has 0 fully saturated rings. The lowest BCUT2D eigenvalue weighted by Crippen LogP contribution is -2.39. The van der Waals surface area contributed by atoms with Gasteiger partial charge in [-0.1, -0.05) is 19.1 Å². The van der Waals surface area contributed by atoms with E-state index < -0.39 is 18.0 Å². The summed E-state index contributed by atoms with van der Waals surface area (Å²) in [5.74, 6) is -0.282. The standard InChI is InChI=1S/C13H18F3NO2/c1-4-12(2,18-3)11(17)9-6-5-7-10(8-9)19-13(14,15)16/h5-8,11H,4,17H2,1-3H3. The van der Waals surface area contributed by atoms with Crippen LogP contribution in [0.2, 0.25) is 0 Å². The molecule has 0 bridgehead atoms. The second kappa shape index (κ2) is 5.79. The zero-order chi connectivity index (χ0) is 14.7. The van der Waals surface area contributed by atoms with Crippen molar-refractivity contribution < 1.29 is 22.6 Å². The van der Waals surface area contributed by atoms with Crippen LogP contribution in [0.15, 0.2) is 24.3 Å². The zero-order valence-corrected chi connectivity index (χ0v) is 11.1. The predicted octanol–water partition coefficient (Wildman–Crippen LogP) is 3.40. The summed E-state index contributed by atoms with van der Waals surface area (Å²) in [6, 6.07) is 5.10. The van der Waals surface area contributed by atoms with Crippen LogP contribution >= 0.6 is 0 Å². The van der Waals surface area contributed by atoms with Gasteiger partial charge in [0.05, 0.1) is 11.6 Å². The van der Waals surface area contributed by atoms with E-state index in [0.29, 0.717) is 12.0 Å². The number of hydrogen-bond acceptors (Lipinski definition) is 3. The van der Waals surface area contributed by atoms with Crippen LogP contribution in [0.3, 0.4) is 0 Å². The van der Waals surface area contributed by atoms with Gasteiger partial charge in [0.25, 0.3) is 0 Å². The van der Waals surface area contributed by atoms with Crippen LogP contribution in [0.1, 0.15) is 31.9 Å². The Kier molecular flexibility index (Phi) is 4.81. The maximum absolute atomic E-state index is 12.2. The summed E-state index contributed by atoms with van der Waals surface area (Å²) >= 11 is 0. The van der Waals surface area contributed by atoms with E-state index in [-0.39, 0.29) is 5.75 Å². The normalized spacial score (nSPS) is 16.8.